The molecule has 0 fully saturated rings. The number of hydrogen-bond acceptors (Lipinski definition) is 10. The summed E-state index contributed by atoms with van der Waals surface area (Å²) in [6, 6.07) is 5.48. The molecule has 11 nitrogen and oxygen atoms in total. The maximum Gasteiger partial charge on any atom is 0.273 e. The van der Waals surface area contributed by atoms with Crippen LogP contribution < -0.4 is 16.0 Å². The van der Waals surface area contributed by atoms with Crippen molar-refractivity contribution in [1.82, 2.24) is 29.7 Å². The predicted molar refractivity (Wildman–Crippen MR) is 94.0 cm³/mol. The highest BCUT2D eigenvalue weighted by molar-refractivity contribution is 5.75. The second kappa shape index (κ2) is 7.29. The Morgan fingerprint density at radius 3 is 2.28 bits per heavy atom. The Morgan fingerprint density at radius 2 is 1.68 bits per heavy atom. The van der Waals surface area contributed by atoms with Crippen molar-refractivity contribution in [3.63, 3.8) is 0 Å². The van der Waals surface area contributed by atoms with Crippen LogP contribution in [0.1, 0.15) is 0 Å². The summed E-state index contributed by atoms with van der Waals surface area (Å²) in [7, 11) is 5.23. The molecule has 3 aromatic rings. The van der Waals surface area contributed by atoms with E-state index in [0.29, 0.717) is 35.0 Å². The number of azo groups is 1. The van der Waals surface area contributed by atoms with Crippen LogP contribution in [-0.4, -0.2) is 50.9 Å². The summed E-state index contributed by atoms with van der Waals surface area (Å²) in [6.07, 6.45) is 3.06. The van der Waals surface area contributed by atoms with Crippen LogP contribution in [0.25, 0.3) is 5.82 Å². The number of pyridine rings is 1. The second-order valence-corrected chi connectivity index (χ2v) is 4.70. The average Bonchev–Trinajstić information content (AvgIpc) is 3.14. The molecule has 0 spiro atoms. The Hall–Kier alpha value is -3.63. The van der Waals surface area contributed by atoms with E-state index in [1.165, 1.54) is 11.0 Å². The molecule has 25 heavy (non-hydrogen) atoms. The zero-order valence-electron chi connectivity index (χ0n) is 14.0. The van der Waals surface area contributed by atoms with Crippen molar-refractivity contribution < 1.29 is 0 Å². The van der Waals surface area contributed by atoms with Crippen LogP contribution in [0.5, 0.6) is 0 Å². The molecule has 0 radical (unpaired) electrons. The molecule has 0 aliphatic rings. The molecule has 0 aromatic carbocycles. The lowest BCUT2D eigenvalue weighted by Crippen LogP contribution is -2.04. The topological polar surface area (TPSA) is 130 Å². The summed E-state index contributed by atoms with van der Waals surface area (Å²) in [5.74, 6) is 2.40. The first kappa shape index (κ1) is 16.2. The summed E-state index contributed by atoms with van der Waals surface area (Å²) in [4.78, 5) is 17.0. The minimum atomic E-state index is 0.292. The number of anilines is 3. The van der Waals surface area contributed by atoms with E-state index in [-0.39, 0.29) is 0 Å². The first-order valence-electron chi connectivity index (χ1n) is 7.45. The van der Waals surface area contributed by atoms with Crippen molar-refractivity contribution in [2.24, 2.45) is 10.2 Å². The molecular formula is C14H17N11. The van der Waals surface area contributed by atoms with Crippen LogP contribution in [0.2, 0.25) is 0 Å². The zero-order chi connectivity index (χ0) is 17.6. The molecule has 3 aromatic heterocycles. The number of nitrogens with one attached hydrogen (secondary N) is 3. The monoisotopic (exact) mass is 339 g/mol. The molecule has 0 atom stereocenters. The molecule has 3 heterocycles. The Labute approximate surface area is 143 Å². The summed E-state index contributed by atoms with van der Waals surface area (Å²) >= 11 is 0. The van der Waals surface area contributed by atoms with Crippen LogP contribution in [0.15, 0.2) is 41.0 Å². The van der Waals surface area contributed by atoms with E-state index in [0.717, 1.165) is 0 Å². The first-order valence-corrected chi connectivity index (χ1v) is 7.45. The first-order chi connectivity index (χ1) is 12.3. The van der Waals surface area contributed by atoms with Crippen molar-refractivity contribution in [1.29, 1.82) is 0 Å². The van der Waals surface area contributed by atoms with Crippen LogP contribution in [-0.2, 0) is 0 Å². The summed E-state index contributed by atoms with van der Waals surface area (Å²) < 4.78 is 1.49. The third-order valence-electron chi connectivity index (χ3n) is 3.22. The third kappa shape index (κ3) is 3.34. The fourth-order valence-electron chi connectivity index (χ4n) is 2.05. The molecular weight excluding hydrogens is 322 g/mol. The predicted octanol–water partition coefficient (Wildman–Crippen LogP) is 1.99. The maximum atomic E-state index is 4.32. The molecule has 0 saturated carbocycles. The zero-order valence-corrected chi connectivity index (χ0v) is 14.0. The Bertz CT molecular complexity index is 846. The van der Waals surface area contributed by atoms with Crippen LogP contribution in [0.4, 0.5) is 29.2 Å². The fraction of sp³-hybridized carbons (Fsp3) is 0.214. The van der Waals surface area contributed by atoms with E-state index < -0.39 is 0 Å². The standard InChI is InChI=1S/C14H17N11/c1-15-11-10(12(16-2)22-13(17-3)21-11)23-24-14-19-8-20-25(14)9-6-4-5-7-18-9/h4-8H,1-3H3,(H3,15,16,17,21,22)/b24-23+. The van der Waals surface area contributed by atoms with Crippen LogP contribution >= 0.6 is 0 Å². The van der Waals surface area contributed by atoms with Gasteiger partial charge in [-0.25, -0.2) is 4.98 Å². The van der Waals surface area contributed by atoms with E-state index in [1.54, 1.807) is 33.4 Å². The van der Waals surface area contributed by atoms with Gasteiger partial charge in [-0.2, -0.15) is 24.7 Å². The number of aromatic nitrogens is 6. The van der Waals surface area contributed by atoms with Gasteiger partial charge in [-0.1, -0.05) is 6.07 Å². The summed E-state index contributed by atoms with van der Waals surface area (Å²) in [6.45, 7) is 0. The van der Waals surface area contributed by atoms with Gasteiger partial charge < -0.3 is 16.0 Å². The summed E-state index contributed by atoms with van der Waals surface area (Å²) in [5, 5.41) is 21.4. The molecule has 3 N–H and O–H groups in total. The highest BCUT2D eigenvalue weighted by Gasteiger charge is 2.13. The van der Waals surface area contributed by atoms with Gasteiger partial charge in [-0.05, 0) is 12.1 Å². The molecule has 0 bridgehead atoms. The molecule has 0 saturated heterocycles. The maximum absolute atomic E-state index is 4.32. The number of rotatable bonds is 6. The van der Waals surface area contributed by atoms with Gasteiger partial charge in [-0.15, -0.1) is 10.2 Å². The van der Waals surface area contributed by atoms with E-state index in [9.17, 15) is 0 Å². The number of nitrogens with zero attached hydrogens (tertiary/aromatic N) is 8. The van der Waals surface area contributed by atoms with Crippen molar-refractivity contribution in [2.75, 3.05) is 37.1 Å². The van der Waals surface area contributed by atoms with Crippen molar-refractivity contribution in [3.05, 3.63) is 30.7 Å². The highest BCUT2D eigenvalue weighted by Crippen LogP contribution is 2.32. The fourth-order valence-corrected chi connectivity index (χ4v) is 2.05. The smallest absolute Gasteiger partial charge is 0.273 e. The lowest BCUT2D eigenvalue weighted by molar-refractivity contribution is 0.837. The molecule has 0 amide bonds. The minimum absolute atomic E-state index is 0.292. The van der Waals surface area contributed by atoms with Gasteiger partial charge >= 0.3 is 0 Å². The Morgan fingerprint density at radius 1 is 0.920 bits per heavy atom. The second-order valence-electron chi connectivity index (χ2n) is 4.70. The molecule has 11 heteroatoms. The van der Waals surface area contributed by atoms with Crippen molar-refractivity contribution in [3.8, 4) is 5.82 Å². The van der Waals surface area contributed by atoms with Gasteiger partial charge in [0, 0.05) is 27.3 Å². The lowest BCUT2D eigenvalue weighted by Gasteiger charge is -2.10. The van der Waals surface area contributed by atoms with Gasteiger partial charge in [-0.3, -0.25) is 0 Å². The van der Waals surface area contributed by atoms with E-state index in [1.807, 2.05) is 12.1 Å². The van der Waals surface area contributed by atoms with Gasteiger partial charge in [0.25, 0.3) is 5.95 Å². The Balaban J connectivity index is 2.00. The number of hydrogen-bond donors (Lipinski definition) is 3. The molecule has 128 valence electrons. The molecule has 0 aliphatic heterocycles. The van der Waals surface area contributed by atoms with Crippen LogP contribution in [0, 0.1) is 0 Å². The molecule has 0 aliphatic carbocycles. The van der Waals surface area contributed by atoms with Gasteiger partial charge in [0.1, 0.15) is 6.33 Å². The van der Waals surface area contributed by atoms with E-state index in [2.05, 4.69) is 51.2 Å². The molecule has 3 rings (SSSR count). The largest absolute Gasteiger partial charge is 0.371 e. The van der Waals surface area contributed by atoms with E-state index >= 15 is 0 Å². The molecule has 0 unspecified atom stereocenters. The quantitative estimate of drug-likeness (QED) is 0.581. The SMILES string of the molecule is CNc1nc(NC)c(/N=N/c2ncnn2-c2ccccn2)c(NC)n1. The van der Waals surface area contributed by atoms with Gasteiger partial charge in [0.05, 0.1) is 0 Å². The summed E-state index contributed by atoms with van der Waals surface area (Å²) in [5.41, 5.74) is 0.458. The van der Waals surface area contributed by atoms with Crippen LogP contribution in [0.3, 0.4) is 0 Å². The third-order valence-corrected chi connectivity index (χ3v) is 3.22. The highest BCUT2D eigenvalue weighted by atomic mass is 15.4. The van der Waals surface area contributed by atoms with E-state index in [4.69, 9.17) is 0 Å². The lowest BCUT2D eigenvalue weighted by atomic mass is 10.4. The van der Waals surface area contributed by atoms with Gasteiger partial charge in [0.15, 0.2) is 23.1 Å². The van der Waals surface area contributed by atoms with Crippen molar-refractivity contribution in [2.45, 2.75) is 0 Å². The average molecular weight is 339 g/mol. The van der Waals surface area contributed by atoms with Crippen molar-refractivity contribution >= 4 is 29.2 Å². The normalized spacial score (nSPS) is 10.8. The minimum Gasteiger partial charge on any atom is -0.371 e. The Kier molecular flexibility index (Phi) is 4.74. The van der Waals surface area contributed by atoms with Gasteiger partial charge in [0.2, 0.25) is 5.95 Å².